The minimum absolute atomic E-state index is 0.388. The molecule has 3 heteroatoms. The number of primary amides is 1. The van der Waals surface area contributed by atoms with Crippen LogP contribution in [0.1, 0.15) is 49.5 Å². The first kappa shape index (κ1) is 18.2. The first-order chi connectivity index (χ1) is 12.9. The van der Waals surface area contributed by atoms with Crippen molar-refractivity contribution in [1.82, 2.24) is 5.32 Å². The van der Waals surface area contributed by atoms with E-state index in [9.17, 15) is 4.79 Å². The second-order valence-corrected chi connectivity index (χ2v) is 9.08. The number of amides is 1. The van der Waals surface area contributed by atoms with Gasteiger partial charge in [-0.1, -0.05) is 57.2 Å². The molecule has 1 amide bonds. The van der Waals surface area contributed by atoms with Crippen molar-refractivity contribution in [3.05, 3.63) is 59.7 Å². The summed E-state index contributed by atoms with van der Waals surface area (Å²) in [5.74, 6) is 2.12. The van der Waals surface area contributed by atoms with E-state index in [-0.39, 0.29) is 5.91 Å². The maximum absolute atomic E-state index is 11.4. The third-order valence-corrected chi connectivity index (χ3v) is 7.36. The molecule has 0 aromatic heterocycles. The van der Waals surface area contributed by atoms with E-state index in [2.05, 4.69) is 50.4 Å². The SMILES string of the molecule is C[C@H]1[C@H]2C[C@H](C[C@H]1NCc1ccc(-c3cccc(C(N)=O)c3)cc1)C2(C)C. The number of benzene rings is 2. The lowest BCUT2D eigenvalue weighted by molar-refractivity contribution is -0.115. The van der Waals surface area contributed by atoms with Gasteiger partial charge in [0.1, 0.15) is 0 Å². The van der Waals surface area contributed by atoms with Crippen molar-refractivity contribution in [2.45, 2.75) is 46.2 Å². The molecule has 142 valence electrons. The zero-order chi connectivity index (χ0) is 19.2. The first-order valence-corrected chi connectivity index (χ1v) is 10.1. The van der Waals surface area contributed by atoms with Crippen molar-refractivity contribution in [3.8, 4) is 11.1 Å². The Bertz CT molecular complexity index is 840. The topological polar surface area (TPSA) is 55.1 Å². The lowest BCUT2D eigenvalue weighted by Gasteiger charge is -2.62. The Hall–Kier alpha value is -2.13. The molecule has 2 aromatic rings. The molecular weight excluding hydrogens is 332 g/mol. The van der Waals surface area contributed by atoms with E-state index < -0.39 is 0 Å². The predicted molar refractivity (Wildman–Crippen MR) is 110 cm³/mol. The molecule has 0 saturated heterocycles. The molecule has 3 nitrogen and oxygen atoms in total. The molecule has 0 unspecified atom stereocenters. The normalized spacial score (nSPS) is 28.4. The molecule has 0 heterocycles. The molecule has 27 heavy (non-hydrogen) atoms. The van der Waals surface area contributed by atoms with Crippen molar-refractivity contribution in [1.29, 1.82) is 0 Å². The highest BCUT2D eigenvalue weighted by Gasteiger charge is 2.55. The number of nitrogens with two attached hydrogens (primary N) is 1. The summed E-state index contributed by atoms with van der Waals surface area (Å²) in [5.41, 5.74) is 9.91. The highest BCUT2D eigenvalue weighted by atomic mass is 16.1. The smallest absolute Gasteiger partial charge is 0.248 e. The number of carbonyl (C=O) groups excluding carboxylic acids is 1. The fourth-order valence-electron chi connectivity index (χ4n) is 5.34. The Morgan fingerprint density at radius 1 is 1.11 bits per heavy atom. The average molecular weight is 363 g/mol. The molecule has 3 saturated carbocycles. The number of nitrogens with one attached hydrogen (secondary N) is 1. The summed E-state index contributed by atoms with van der Waals surface area (Å²) in [6, 6.07) is 16.7. The van der Waals surface area contributed by atoms with Crippen LogP contribution in [0.3, 0.4) is 0 Å². The molecule has 3 aliphatic carbocycles. The maximum Gasteiger partial charge on any atom is 0.248 e. The van der Waals surface area contributed by atoms with Crippen LogP contribution in [-0.2, 0) is 6.54 Å². The fraction of sp³-hybridized carbons (Fsp3) is 0.458. The third kappa shape index (κ3) is 3.29. The van der Waals surface area contributed by atoms with Gasteiger partial charge in [0.25, 0.3) is 0 Å². The van der Waals surface area contributed by atoms with Crippen LogP contribution < -0.4 is 11.1 Å². The predicted octanol–water partition coefficient (Wildman–Crippen LogP) is 4.61. The maximum atomic E-state index is 11.4. The number of fused-ring (bicyclic) bond motifs is 2. The van der Waals surface area contributed by atoms with E-state index in [1.165, 1.54) is 18.4 Å². The minimum Gasteiger partial charge on any atom is -0.366 e. The van der Waals surface area contributed by atoms with Crippen LogP contribution in [0.2, 0.25) is 0 Å². The summed E-state index contributed by atoms with van der Waals surface area (Å²) < 4.78 is 0. The van der Waals surface area contributed by atoms with Crippen LogP contribution in [0.4, 0.5) is 0 Å². The summed E-state index contributed by atoms with van der Waals surface area (Å²) in [4.78, 5) is 11.4. The summed E-state index contributed by atoms with van der Waals surface area (Å²) in [7, 11) is 0. The highest BCUT2D eigenvalue weighted by molar-refractivity contribution is 5.94. The summed E-state index contributed by atoms with van der Waals surface area (Å²) in [6.07, 6.45) is 2.73. The highest BCUT2D eigenvalue weighted by Crippen LogP contribution is 2.61. The molecule has 5 rings (SSSR count). The Labute approximate surface area is 162 Å². The lowest BCUT2D eigenvalue weighted by Crippen LogP contribution is -2.59. The van der Waals surface area contributed by atoms with E-state index in [4.69, 9.17) is 5.73 Å². The second-order valence-electron chi connectivity index (χ2n) is 9.08. The molecule has 3 fully saturated rings. The van der Waals surface area contributed by atoms with Crippen LogP contribution in [0.25, 0.3) is 11.1 Å². The van der Waals surface area contributed by atoms with Crippen molar-refractivity contribution in [2.24, 2.45) is 28.9 Å². The average Bonchev–Trinajstić information content (AvgIpc) is 2.67. The monoisotopic (exact) mass is 362 g/mol. The van der Waals surface area contributed by atoms with E-state index in [0.717, 1.165) is 35.4 Å². The summed E-state index contributed by atoms with van der Waals surface area (Å²) in [6.45, 7) is 8.24. The van der Waals surface area contributed by atoms with Gasteiger partial charge in [-0.15, -0.1) is 0 Å². The molecule has 0 spiro atoms. The lowest BCUT2D eigenvalue weighted by atomic mass is 9.45. The third-order valence-electron chi connectivity index (χ3n) is 7.36. The Balaban J connectivity index is 1.39. The van der Waals surface area contributed by atoms with Gasteiger partial charge in [0.05, 0.1) is 0 Å². The van der Waals surface area contributed by atoms with Gasteiger partial charge in [0.15, 0.2) is 0 Å². The van der Waals surface area contributed by atoms with Crippen molar-refractivity contribution < 1.29 is 4.79 Å². The number of hydrogen-bond donors (Lipinski definition) is 2. The van der Waals surface area contributed by atoms with Crippen LogP contribution in [0, 0.1) is 23.2 Å². The summed E-state index contributed by atoms with van der Waals surface area (Å²) in [5, 5.41) is 3.81. The van der Waals surface area contributed by atoms with Gasteiger partial charge in [-0.2, -0.15) is 0 Å². The molecule has 2 bridgehead atoms. The molecular formula is C24H30N2O. The Morgan fingerprint density at radius 2 is 1.85 bits per heavy atom. The first-order valence-electron chi connectivity index (χ1n) is 10.1. The molecule has 4 atom stereocenters. The number of hydrogen-bond acceptors (Lipinski definition) is 2. The van der Waals surface area contributed by atoms with Crippen molar-refractivity contribution >= 4 is 5.91 Å². The van der Waals surface area contributed by atoms with Gasteiger partial charge >= 0.3 is 0 Å². The van der Waals surface area contributed by atoms with E-state index in [1.54, 1.807) is 6.07 Å². The number of rotatable bonds is 5. The van der Waals surface area contributed by atoms with Crippen LogP contribution in [0.5, 0.6) is 0 Å². The molecule has 0 aliphatic heterocycles. The fourth-order valence-corrected chi connectivity index (χ4v) is 5.34. The number of carbonyl (C=O) groups is 1. The summed E-state index contributed by atoms with van der Waals surface area (Å²) >= 11 is 0. The quantitative estimate of drug-likeness (QED) is 0.816. The zero-order valence-corrected chi connectivity index (χ0v) is 16.5. The van der Waals surface area contributed by atoms with Crippen molar-refractivity contribution in [3.63, 3.8) is 0 Å². The minimum atomic E-state index is -0.388. The zero-order valence-electron chi connectivity index (χ0n) is 16.5. The Morgan fingerprint density at radius 3 is 2.48 bits per heavy atom. The van der Waals surface area contributed by atoms with Crippen LogP contribution in [0.15, 0.2) is 48.5 Å². The van der Waals surface area contributed by atoms with Gasteiger partial charge in [0, 0.05) is 18.2 Å². The van der Waals surface area contributed by atoms with Gasteiger partial charge < -0.3 is 11.1 Å². The van der Waals surface area contributed by atoms with Crippen molar-refractivity contribution in [2.75, 3.05) is 0 Å². The van der Waals surface area contributed by atoms with Gasteiger partial charge in [0.2, 0.25) is 5.91 Å². The largest absolute Gasteiger partial charge is 0.366 e. The standard InChI is InChI=1S/C24H30N2O/c1-15-21-12-20(24(21,2)3)13-22(15)26-14-16-7-9-17(10-8-16)18-5-4-6-19(11-18)23(25)27/h4-11,15,20-22,26H,12-14H2,1-3H3,(H2,25,27)/t15-,20+,21+,22+/m0/s1. The van der Waals surface area contributed by atoms with E-state index in [1.807, 2.05) is 18.2 Å². The van der Waals surface area contributed by atoms with Crippen LogP contribution in [-0.4, -0.2) is 11.9 Å². The molecule has 2 aromatic carbocycles. The van der Waals surface area contributed by atoms with Gasteiger partial charge in [-0.25, -0.2) is 0 Å². The van der Waals surface area contributed by atoms with Gasteiger partial charge in [-0.05, 0) is 64.8 Å². The molecule has 3 N–H and O–H groups in total. The molecule has 3 aliphatic rings. The molecule has 0 radical (unpaired) electrons. The van der Waals surface area contributed by atoms with E-state index in [0.29, 0.717) is 17.0 Å². The Kier molecular flexibility index (Phi) is 4.59. The van der Waals surface area contributed by atoms with E-state index >= 15 is 0 Å². The second kappa shape index (κ2) is 6.79. The van der Waals surface area contributed by atoms with Gasteiger partial charge in [-0.3, -0.25) is 4.79 Å². The van der Waals surface area contributed by atoms with Crippen LogP contribution >= 0.6 is 0 Å².